The molecule has 3 aromatic rings. The molecule has 0 unspecified atom stereocenters. The van der Waals surface area contributed by atoms with E-state index in [2.05, 4.69) is 28.1 Å². The van der Waals surface area contributed by atoms with Crippen molar-refractivity contribution in [3.05, 3.63) is 48.0 Å². The third-order valence-corrected chi connectivity index (χ3v) is 4.55. The number of thioether (sulfide) groups is 1. The van der Waals surface area contributed by atoms with E-state index in [0.717, 1.165) is 10.6 Å². The van der Waals surface area contributed by atoms with Crippen molar-refractivity contribution in [3.8, 4) is 0 Å². The lowest BCUT2D eigenvalue weighted by molar-refractivity contribution is -0.116. The Bertz CT molecular complexity index is 842. The third kappa shape index (κ3) is 2.23. The van der Waals surface area contributed by atoms with Gasteiger partial charge in [0.25, 0.3) is 5.78 Å². The van der Waals surface area contributed by atoms with E-state index in [1.807, 2.05) is 12.1 Å². The number of anilines is 1. The molecule has 0 spiro atoms. The van der Waals surface area contributed by atoms with Crippen LogP contribution in [0.4, 0.5) is 5.69 Å². The standard InChI is InChI=1S/C15H13N5OS/c1-10-3-4-11-12(7-10)22-9-14(21)19(11)8-13-17-15-16-5-2-6-20(15)18-13/h2-7H,8-9H2,1H3. The minimum atomic E-state index is 0.0770. The zero-order valence-corrected chi connectivity index (χ0v) is 12.7. The number of hydrogen-bond acceptors (Lipinski definition) is 5. The van der Waals surface area contributed by atoms with Crippen molar-refractivity contribution in [1.29, 1.82) is 0 Å². The molecule has 0 aliphatic carbocycles. The summed E-state index contributed by atoms with van der Waals surface area (Å²) in [5, 5.41) is 4.37. The highest BCUT2D eigenvalue weighted by Gasteiger charge is 2.26. The fraction of sp³-hybridized carbons (Fsp3) is 0.200. The SMILES string of the molecule is Cc1ccc2c(c1)SCC(=O)N2Cc1nc2ncccn2n1. The smallest absolute Gasteiger partial charge is 0.252 e. The molecule has 0 fully saturated rings. The summed E-state index contributed by atoms with van der Waals surface area (Å²) in [5.41, 5.74) is 2.12. The molecule has 3 heterocycles. The summed E-state index contributed by atoms with van der Waals surface area (Å²) < 4.78 is 1.62. The molecule has 0 bridgehead atoms. The molecule has 1 aliphatic rings. The Morgan fingerprint density at radius 2 is 2.27 bits per heavy atom. The monoisotopic (exact) mass is 311 g/mol. The average molecular weight is 311 g/mol. The summed E-state index contributed by atoms with van der Waals surface area (Å²) in [6.07, 6.45) is 3.47. The number of nitrogens with zero attached hydrogens (tertiary/aromatic N) is 5. The van der Waals surface area contributed by atoms with E-state index in [-0.39, 0.29) is 5.91 Å². The summed E-state index contributed by atoms with van der Waals surface area (Å²) in [6, 6.07) is 7.91. The Kier molecular flexibility index (Phi) is 3.07. The number of rotatable bonds is 2. The molecule has 1 aromatic carbocycles. The van der Waals surface area contributed by atoms with Crippen LogP contribution < -0.4 is 4.90 Å². The van der Waals surface area contributed by atoms with E-state index in [9.17, 15) is 4.79 Å². The van der Waals surface area contributed by atoms with E-state index in [4.69, 9.17) is 0 Å². The van der Waals surface area contributed by atoms with Crippen LogP contribution in [0.1, 0.15) is 11.4 Å². The van der Waals surface area contributed by atoms with Crippen LogP contribution in [0.25, 0.3) is 5.78 Å². The molecule has 0 N–H and O–H groups in total. The van der Waals surface area contributed by atoms with Gasteiger partial charge >= 0.3 is 0 Å². The number of amides is 1. The van der Waals surface area contributed by atoms with Gasteiger partial charge in [0, 0.05) is 17.3 Å². The summed E-state index contributed by atoms with van der Waals surface area (Å²) in [4.78, 5) is 23.7. The minimum Gasteiger partial charge on any atom is -0.303 e. The topological polar surface area (TPSA) is 63.4 Å². The Labute approximate surface area is 131 Å². The summed E-state index contributed by atoms with van der Waals surface area (Å²) in [6.45, 7) is 2.41. The first-order valence-corrected chi connectivity index (χ1v) is 7.89. The first-order valence-electron chi connectivity index (χ1n) is 6.91. The average Bonchev–Trinajstić information content (AvgIpc) is 2.92. The molecule has 1 amide bonds. The summed E-state index contributed by atoms with van der Waals surface area (Å²) in [7, 11) is 0. The molecule has 6 nitrogen and oxygen atoms in total. The molecule has 0 saturated carbocycles. The molecular weight excluding hydrogens is 298 g/mol. The van der Waals surface area contributed by atoms with Crippen molar-refractivity contribution in [3.63, 3.8) is 0 Å². The lowest BCUT2D eigenvalue weighted by Gasteiger charge is -2.28. The first-order chi connectivity index (χ1) is 10.7. The van der Waals surface area contributed by atoms with E-state index in [0.29, 0.717) is 23.9 Å². The van der Waals surface area contributed by atoms with Gasteiger partial charge in [-0.3, -0.25) is 4.79 Å². The molecule has 0 atom stereocenters. The number of fused-ring (bicyclic) bond motifs is 2. The second-order valence-corrected chi connectivity index (χ2v) is 6.15. The molecule has 110 valence electrons. The van der Waals surface area contributed by atoms with Crippen molar-refractivity contribution in [1.82, 2.24) is 19.6 Å². The largest absolute Gasteiger partial charge is 0.303 e. The maximum Gasteiger partial charge on any atom is 0.252 e. The van der Waals surface area contributed by atoms with Gasteiger partial charge in [0.1, 0.15) is 0 Å². The van der Waals surface area contributed by atoms with Gasteiger partial charge < -0.3 is 4.90 Å². The number of benzene rings is 1. The van der Waals surface area contributed by atoms with Crippen molar-refractivity contribution in [2.75, 3.05) is 10.7 Å². The summed E-state index contributed by atoms with van der Waals surface area (Å²) >= 11 is 1.58. The predicted octanol–water partition coefficient (Wildman–Crippen LogP) is 2.07. The second-order valence-electron chi connectivity index (χ2n) is 5.13. The van der Waals surface area contributed by atoms with Crippen LogP contribution in [-0.2, 0) is 11.3 Å². The van der Waals surface area contributed by atoms with Crippen LogP contribution in [0.5, 0.6) is 0 Å². The van der Waals surface area contributed by atoms with Crippen LogP contribution in [0.2, 0.25) is 0 Å². The third-order valence-electron chi connectivity index (χ3n) is 3.52. The minimum absolute atomic E-state index is 0.0770. The molecule has 0 saturated heterocycles. The zero-order chi connectivity index (χ0) is 15.1. The van der Waals surface area contributed by atoms with Crippen molar-refractivity contribution >= 4 is 29.1 Å². The maximum absolute atomic E-state index is 12.3. The Hall–Kier alpha value is -2.41. The van der Waals surface area contributed by atoms with Gasteiger partial charge in [-0.2, -0.15) is 4.98 Å². The quantitative estimate of drug-likeness (QED) is 0.725. The molecule has 0 radical (unpaired) electrons. The number of hydrogen-bond donors (Lipinski definition) is 0. The highest BCUT2D eigenvalue weighted by atomic mass is 32.2. The normalized spacial score (nSPS) is 14.4. The molecular formula is C15H13N5OS. The number of carbonyl (C=O) groups excluding carboxylic acids is 1. The van der Waals surface area contributed by atoms with Gasteiger partial charge in [0.05, 0.1) is 18.0 Å². The van der Waals surface area contributed by atoms with E-state index in [1.54, 1.807) is 39.6 Å². The van der Waals surface area contributed by atoms with Gasteiger partial charge in [-0.05, 0) is 30.7 Å². The van der Waals surface area contributed by atoms with Crippen LogP contribution in [0, 0.1) is 6.92 Å². The number of aryl methyl sites for hydroxylation is 1. The highest BCUT2D eigenvalue weighted by Crippen LogP contribution is 2.36. The van der Waals surface area contributed by atoms with Crippen LogP contribution in [0.15, 0.2) is 41.6 Å². The first kappa shape index (κ1) is 13.3. The molecule has 1 aliphatic heterocycles. The Balaban J connectivity index is 1.71. The lowest BCUT2D eigenvalue weighted by Crippen LogP contribution is -2.35. The van der Waals surface area contributed by atoms with Gasteiger partial charge in [0.15, 0.2) is 5.82 Å². The fourth-order valence-electron chi connectivity index (χ4n) is 2.47. The number of aromatic nitrogens is 4. The van der Waals surface area contributed by atoms with E-state index >= 15 is 0 Å². The van der Waals surface area contributed by atoms with Crippen LogP contribution >= 0.6 is 11.8 Å². The van der Waals surface area contributed by atoms with Crippen LogP contribution in [-0.4, -0.2) is 31.2 Å². The van der Waals surface area contributed by atoms with Crippen LogP contribution in [0.3, 0.4) is 0 Å². The van der Waals surface area contributed by atoms with Crippen molar-refractivity contribution < 1.29 is 4.79 Å². The van der Waals surface area contributed by atoms with Gasteiger partial charge in [-0.1, -0.05) is 6.07 Å². The predicted molar refractivity (Wildman–Crippen MR) is 83.9 cm³/mol. The van der Waals surface area contributed by atoms with E-state index in [1.165, 1.54) is 5.56 Å². The molecule has 4 rings (SSSR count). The second kappa shape index (κ2) is 5.10. The molecule has 2 aromatic heterocycles. The highest BCUT2D eigenvalue weighted by molar-refractivity contribution is 8.00. The molecule has 7 heteroatoms. The Morgan fingerprint density at radius 1 is 1.36 bits per heavy atom. The lowest BCUT2D eigenvalue weighted by atomic mass is 10.2. The fourth-order valence-corrected chi connectivity index (χ4v) is 3.50. The van der Waals surface area contributed by atoms with Gasteiger partial charge in [0.2, 0.25) is 5.91 Å². The zero-order valence-electron chi connectivity index (χ0n) is 11.9. The maximum atomic E-state index is 12.3. The van der Waals surface area contributed by atoms with Gasteiger partial charge in [-0.25, -0.2) is 9.50 Å². The van der Waals surface area contributed by atoms with Crippen molar-refractivity contribution in [2.45, 2.75) is 18.4 Å². The number of carbonyl (C=O) groups is 1. The summed E-state index contributed by atoms with van der Waals surface area (Å²) in [5.74, 6) is 1.65. The van der Waals surface area contributed by atoms with E-state index < -0.39 is 0 Å². The Morgan fingerprint density at radius 3 is 3.14 bits per heavy atom. The van der Waals surface area contributed by atoms with Gasteiger partial charge in [-0.15, -0.1) is 16.9 Å². The molecule has 22 heavy (non-hydrogen) atoms. The van der Waals surface area contributed by atoms with Crippen molar-refractivity contribution in [2.24, 2.45) is 0 Å².